The Balaban J connectivity index is 2.28. The molecule has 8 heteroatoms. The molecule has 1 aliphatic heterocycles. The Hall–Kier alpha value is -1.31. The first-order valence-electron chi connectivity index (χ1n) is 4.95. The van der Waals surface area contributed by atoms with E-state index in [1.54, 1.807) is 4.98 Å². The molecule has 5 nitrogen and oxygen atoms in total. The van der Waals surface area contributed by atoms with Crippen molar-refractivity contribution in [2.24, 2.45) is 0 Å². The molecule has 1 unspecified atom stereocenters. The van der Waals surface area contributed by atoms with Gasteiger partial charge in [-0.25, -0.2) is 9.48 Å². The Kier molecular flexibility index (Phi) is 2.75. The predicted molar refractivity (Wildman–Crippen MR) is 49.0 cm³/mol. The van der Waals surface area contributed by atoms with Gasteiger partial charge in [0, 0.05) is 6.54 Å². The van der Waals surface area contributed by atoms with Crippen LogP contribution in [0.25, 0.3) is 0 Å². The topological polar surface area (TPSA) is 62.7 Å². The molecule has 0 aromatic carbocycles. The van der Waals surface area contributed by atoms with Crippen molar-refractivity contribution >= 4 is 0 Å². The molecule has 1 aliphatic rings. The van der Waals surface area contributed by atoms with Gasteiger partial charge in [0.25, 0.3) is 0 Å². The SMILES string of the molecule is O=c1[nH]c(C(F)(F)F)nn1C1CCCNC1. The smallest absolute Gasteiger partial charge is 0.315 e. The average molecular weight is 236 g/mol. The Morgan fingerprint density at radius 1 is 1.44 bits per heavy atom. The zero-order chi connectivity index (χ0) is 11.8. The number of nitrogens with zero attached hydrogens (tertiary/aromatic N) is 2. The zero-order valence-corrected chi connectivity index (χ0v) is 8.34. The van der Waals surface area contributed by atoms with E-state index in [0.29, 0.717) is 13.0 Å². The Morgan fingerprint density at radius 2 is 2.19 bits per heavy atom. The van der Waals surface area contributed by atoms with Crippen LogP contribution in [0.1, 0.15) is 24.7 Å². The maximum Gasteiger partial charge on any atom is 0.451 e. The van der Waals surface area contributed by atoms with Crippen LogP contribution in [0.15, 0.2) is 4.79 Å². The first-order valence-corrected chi connectivity index (χ1v) is 4.95. The highest BCUT2D eigenvalue weighted by atomic mass is 19.4. The maximum atomic E-state index is 12.3. The molecule has 0 saturated carbocycles. The molecule has 1 saturated heterocycles. The Labute approximate surface area is 88.7 Å². The lowest BCUT2D eigenvalue weighted by Crippen LogP contribution is -2.36. The van der Waals surface area contributed by atoms with Crippen molar-refractivity contribution in [1.82, 2.24) is 20.1 Å². The number of alkyl halides is 3. The van der Waals surface area contributed by atoms with Gasteiger partial charge in [-0.1, -0.05) is 0 Å². The van der Waals surface area contributed by atoms with E-state index in [4.69, 9.17) is 0 Å². The van der Waals surface area contributed by atoms with E-state index in [1.165, 1.54) is 0 Å². The summed E-state index contributed by atoms with van der Waals surface area (Å²) in [7, 11) is 0. The van der Waals surface area contributed by atoms with Crippen LogP contribution in [-0.2, 0) is 6.18 Å². The molecular weight excluding hydrogens is 225 g/mol. The van der Waals surface area contributed by atoms with Gasteiger partial charge < -0.3 is 5.32 Å². The first-order chi connectivity index (χ1) is 7.48. The summed E-state index contributed by atoms with van der Waals surface area (Å²) >= 11 is 0. The van der Waals surface area contributed by atoms with Gasteiger partial charge in [0.2, 0.25) is 5.82 Å². The van der Waals surface area contributed by atoms with E-state index >= 15 is 0 Å². The van der Waals surface area contributed by atoms with Crippen LogP contribution in [0.5, 0.6) is 0 Å². The largest absolute Gasteiger partial charge is 0.451 e. The fourth-order valence-electron chi connectivity index (χ4n) is 1.75. The summed E-state index contributed by atoms with van der Waals surface area (Å²) in [5.41, 5.74) is -0.805. The lowest BCUT2D eigenvalue weighted by molar-refractivity contribution is -0.145. The van der Waals surface area contributed by atoms with Crippen molar-refractivity contribution in [2.45, 2.75) is 25.1 Å². The highest BCUT2D eigenvalue weighted by molar-refractivity contribution is 4.90. The molecule has 90 valence electrons. The van der Waals surface area contributed by atoms with Gasteiger partial charge in [0.05, 0.1) is 6.04 Å². The first kappa shape index (κ1) is 11.2. The third-order valence-electron chi connectivity index (χ3n) is 2.53. The molecule has 0 amide bonds. The van der Waals surface area contributed by atoms with Crippen molar-refractivity contribution < 1.29 is 13.2 Å². The average Bonchev–Trinajstić information content (AvgIpc) is 2.61. The molecule has 0 aliphatic carbocycles. The summed E-state index contributed by atoms with van der Waals surface area (Å²) in [6.45, 7) is 1.30. The number of nitrogens with one attached hydrogen (secondary N) is 2. The minimum Gasteiger partial charge on any atom is -0.315 e. The second-order valence-electron chi connectivity index (χ2n) is 3.72. The Bertz CT molecular complexity index is 416. The zero-order valence-electron chi connectivity index (χ0n) is 8.34. The minimum absolute atomic E-state index is 0.298. The number of halogens is 3. The molecule has 1 fully saturated rings. The summed E-state index contributed by atoms with van der Waals surface area (Å²) in [5.74, 6) is -1.23. The van der Waals surface area contributed by atoms with Crippen molar-refractivity contribution in [3.63, 3.8) is 0 Å². The van der Waals surface area contributed by atoms with Crippen LogP contribution in [0, 0.1) is 0 Å². The second kappa shape index (κ2) is 3.93. The molecule has 2 heterocycles. The van der Waals surface area contributed by atoms with Crippen LogP contribution in [0.4, 0.5) is 13.2 Å². The quantitative estimate of drug-likeness (QED) is 0.747. The summed E-state index contributed by atoms with van der Waals surface area (Å²) in [6.07, 6.45) is -3.12. The van der Waals surface area contributed by atoms with Crippen LogP contribution in [-0.4, -0.2) is 27.9 Å². The molecule has 0 radical (unpaired) electrons. The molecule has 0 bridgehead atoms. The van der Waals surface area contributed by atoms with Crippen molar-refractivity contribution in [3.05, 3.63) is 16.3 Å². The van der Waals surface area contributed by atoms with E-state index in [1.807, 2.05) is 0 Å². The predicted octanol–water partition coefficient (Wildman–Crippen LogP) is 0.515. The fourth-order valence-corrected chi connectivity index (χ4v) is 1.75. The number of aromatic nitrogens is 3. The standard InChI is InChI=1S/C8H11F3N4O/c9-8(10,11)6-13-7(16)15(14-6)5-2-1-3-12-4-5/h5,12H,1-4H2,(H,13,14,16). The van der Waals surface area contributed by atoms with Crippen LogP contribution >= 0.6 is 0 Å². The summed E-state index contributed by atoms with van der Waals surface area (Å²) in [6, 6.07) is -0.298. The number of piperidine rings is 1. The minimum atomic E-state index is -4.60. The van der Waals surface area contributed by atoms with Crippen LogP contribution < -0.4 is 11.0 Å². The van der Waals surface area contributed by atoms with Gasteiger partial charge in [0.15, 0.2) is 0 Å². The summed E-state index contributed by atoms with van der Waals surface area (Å²) in [4.78, 5) is 13.0. The Morgan fingerprint density at radius 3 is 2.69 bits per heavy atom. The lowest BCUT2D eigenvalue weighted by atomic mass is 10.1. The molecule has 2 rings (SSSR count). The molecule has 2 N–H and O–H groups in total. The van der Waals surface area contributed by atoms with Gasteiger partial charge in [-0.3, -0.25) is 4.98 Å². The van der Waals surface area contributed by atoms with Crippen molar-refractivity contribution in [2.75, 3.05) is 13.1 Å². The maximum absolute atomic E-state index is 12.3. The molecular formula is C8H11F3N4O. The van der Waals surface area contributed by atoms with E-state index in [2.05, 4.69) is 10.4 Å². The number of aromatic amines is 1. The number of rotatable bonds is 1. The molecule has 0 spiro atoms. The molecule has 1 aromatic rings. The lowest BCUT2D eigenvalue weighted by Gasteiger charge is -2.21. The van der Waals surface area contributed by atoms with Gasteiger partial charge in [-0.2, -0.15) is 13.2 Å². The monoisotopic (exact) mass is 236 g/mol. The highest BCUT2D eigenvalue weighted by Gasteiger charge is 2.36. The highest BCUT2D eigenvalue weighted by Crippen LogP contribution is 2.25. The fraction of sp³-hybridized carbons (Fsp3) is 0.750. The van der Waals surface area contributed by atoms with Crippen molar-refractivity contribution in [3.8, 4) is 0 Å². The summed E-state index contributed by atoms with van der Waals surface area (Å²) in [5, 5.41) is 6.30. The third kappa shape index (κ3) is 2.11. The van der Waals surface area contributed by atoms with E-state index in [-0.39, 0.29) is 6.04 Å². The van der Waals surface area contributed by atoms with Gasteiger partial charge in [-0.05, 0) is 19.4 Å². The van der Waals surface area contributed by atoms with E-state index in [0.717, 1.165) is 17.6 Å². The van der Waals surface area contributed by atoms with Crippen LogP contribution in [0.3, 0.4) is 0 Å². The van der Waals surface area contributed by atoms with E-state index in [9.17, 15) is 18.0 Å². The van der Waals surface area contributed by atoms with Crippen molar-refractivity contribution in [1.29, 1.82) is 0 Å². The van der Waals surface area contributed by atoms with Gasteiger partial charge in [0.1, 0.15) is 0 Å². The van der Waals surface area contributed by atoms with E-state index < -0.39 is 17.7 Å². The number of H-pyrrole nitrogens is 1. The molecule has 1 aromatic heterocycles. The van der Waals surface area contributed by atoms with Gasteiger partial charge in [-0.15, -0.1) is 5.10 Å². The number of hydrogen-bond acceptors (Lipinski definition) is 3. The second-order valence-corrected chi connectivity index (χ2v) is 3.72. The normalized spacial score (nSPS) is 22.3. The van der Waals surface area contributed by atoms with Crippen LogP contribution in [0.2, 0.25) is 0 Å². The molecule has 16 heavy (non-hydrogen) atoms. The summed E-state index contributed by atoms with van der Waals surface area (Å²) < 4.78 is 37.7. The van der Waals surface area contributed by atoms with Gasteiger partial charge >= 0.3 is 11.9 Å². The molecule has 1 atom stereocenters. The number of hydrogen-bond donors (Lipinski definition) is 2. The third-order valence-corrected chi connectivity index (χ3v) is 2.53.